The molecule has 0 bridgehead atoms. The second kappa shape index (κ2) is 5.59. The maximum absolute atomic E-state index is 11.6. The molecule has 0 saturated carbocycles. The van der Waals surface area contributed by atoms with Crippen LogP contribution >= 0.6 is 7.82 Å². The highest BCUT2D eigenvalue weighted by Crippen LogP contribution is 2.50. The molecule has 0 aromatic heterocycles. The van der Waals surface area contributed by atoms with E-state index in [0.29, 0.717) is 0 Å². The Hall–Kier alpha value is -0.0300. The van der Waals surface area contributed by atoms with Crippen LogP contribution in [0.3, 0.4) is 0 Å². The predicted octanol–water partition coefficient (Wildman–Crippen LogP) is 2.41. The summed E-state index contributed by atoms with van der Waals surface area (Å²) in [5.74, 6) is 0. The van der Waals surface area contributed by atoms with Crippen molar-refractivity contribution in [3.05, 3.63) is 0 Å². The van der Waals surface area contributed by atoms with Crippen LogP contribution in [0.4, 0.5) is 8.78 Å². The first kappa shape index (κ1) is 12.0. The molecule has 0 saturated heterocycles. The van der Waals surface area contributed by atoms with E-state index < -0.39 is 14.4 Å². The van der Waals surface area contributed by atoms with Gasteiger partial charge in [0, 0.05) is 0 Å². The molecule has 0 spiro atoms. The molecular formula is C5H11F2O4P. The van der Waals surface area contributed by atoms with Crippen LogP contribution in [0.5, 0.6) is 0 Å². The fraction of sp³-hybridized carbons (Fsp3) is 1.00. The van der Waals surface area contributed by atoms with E-state index in [9.17, 15) is 13.3 Å². The summed E-state index contributed by atoms with van der Waals surface area (Å²) in [7, 11) is -4.03. The molecular weight excluding hydrogens is 193 g/mol. The van der Waals surface area contributed by atoms with Gasteiger partial charge in [0.25, 0.3) is 0 Å². The van der Waals surface area contributed by atoms with Crippen LogP contribution in [0, 0.1) is 0 Å². The molecule has 0 N–H and O–H groups in total. The van der Waals surface area contributed by atoms with E-state index in [1.165, 1.54) is 13.8 Å². The summed E-state index contributed by atoms with van der Waals surface area (Å²) in [4.78, 5) is 0. The zero-order chi connectivity index (χ0) is 9.61. The minimum Gasteiger partial charge on any atom is -0.287 e. The summed E-state index contributed by atoms with van der Waals surface area (Å²) in [6, 6.07) is 0. The lowest BCUT2D eigenvalue weighted by Gasteiger charge is -2.14. The molecule has 0 amide bonds. The smallest absolute Gasteiger partial charge is 0.287 e. The summed E-state index contributed by atoms with van der Waals surface area (Å²) >= 11 is 0. The van der Waals surface area contributed by atoms with Gasteiger partial charge in [0.15, 0.2) is 0 Å². The van der Waals surface area contributed by atoms with E-state index in [1.807, 2.05) is 0 Å². The quantitative estimate of drug-likeness (QED) is 0.623. The maximum atomic E-state index is 11.6. The third-order valence-corrected chi connectivity index (χ3v) is 2.35. The Morgan fingerprint density at radius 1 is 1.25 bits per heavy atom. The Morgan fingerprint density at radius 2 is 1.67 bits per heavy atom. The van der Waals surface area contributed by atoms with Crippen molar-refractivity contribution in [2.45, 2.75) is 20.5 Å². The number of hydrogen-bond acceptors (Lipinski definition) is 4. The number of phosphoric ester groups is 1. The van der Waals surface area contributed by atoms with Crippen LogP contribution in [0.2, 0.25) is 0 Å². The Balaban J connectivity index is 4.08. The predicted molar refractivity (Wildman–Crippen MR) is 37.9 cm³/mol. The first-order chi connectivity index (χ1) is 5.54. The van der Waals surface area contributed by atoms with Gasteiger partial charge in [0.05, 0.1) is 13.2 Å². The third kappa shape index (κ3) is 4.77. The van der Waals surface area contributed by atoms with Gasteiger partial charge in [-0.25, -0.2) is 9.09 Å². The minimum atomic E-state index is -4.03. The molecule has 0 aliphatic heterocycles. The number of hydrogen-bond donors (Lipinski definition) is 0. The van der Waals surface area contributed by atoms with Crippen molar-refractivity contribution < 1.29 is 26.9 Å². The van der Waals surface area contributed by atoms with Gasteiger partial charge in [-0.15, -0.1) is 0 Å². The van der Waals surface area contributed by atoms with Crippen LogP contribution in [0.25, 0.3) is 0 Å². The number of alkyl halides is 2. The van der Waals surface area contributed by atoms with Crippen molar-refractivity contribution in [2.75, 3.05) is 13.2 Å². The normalized spacial score (nSPS) is 12.4. The molecule has 0 radical (unpaired) electrons. The van der Waals surface area contributed by atoms with Crippen LogP contribution in [0.1, 0.15) is 13.8 Å². The van der Waals surface area contributed by atoms with Gasteiger partial charge in [0.1, 0.15) is 0 Å². The van der Waals surface area contributed by atoms with Crippen molar-refractivity contribution in [3.63, 3.8) is 0 Å². The maximum Gasteiger partial charge on any atom is 0.479 e. The van der Waals surface area contributed by atoms with Crippen molar-refractivity contribution in [1.29, 1.82) is 0 Å². The molecule has 4 nitrogen and oxygen atoms in total. The highest BCUT2D eigenvalue weighted by molar-refractivity contribution is 7.48. The highest BCUT2D eigenvalue weighted by Gasteiger charge is 2.29. The highest BCUT2D eigenvalue weighted by atomic mass is 31.2. The van der Waals surface area contributed by atoms with Crippen LogP contribution in [0.15, 0.2) is 0 Å². The molecule has 7 heteroatoms. The topological polar surface area (TPSA) is 44.8 Å². The van der Waals surface area contributed by atoms with Crippen molar-refractivity contribution in [2.24, 2.45) is 0 Å². The fourth-order valence-electron chi connectivity index (χ4n) is 0.512. The largest absolute Gasteiger partial charge is 0.479 e. The van der Waals surface area contributed by atoms with E-state index in [2.05, 4.69) is 13.6 Å². The molecule has 0 aromatic rings. The zero-order valence-corrected chi connectivity index (χ0v) is 7.72. The summed E-state index contributed by atoms with van der Waals surface area (Å²) < 4.78 is 46.8. The van der Waals surface area contributed by atoms with E-state index >= 15 is 0 Å². The second-order valence-electron chi connectivity index (χ2n) is 1.65. The third-order valence-electron chi connectivity index (χ3n) is 0.783. The molecule has 0 rings (SSSR count). The lowest BCUT2D eigenvalue weighted by molar-refractivity contribution is -0.0756. The molecule has 0 aliphatic rings. The molecule has 74 valence electrons. The minimum absolute atomic E-state index is 0.00992. The number of phosphoric acid groups is 1. The molecule has 0 heterocycles. The average molecular weight is 204 g/mol. The monoisotopic (exact) mass is 204 g/mol. The average Bonchev–Trinajstić information content (AvgIpc) is 1.85. The summed E-state index contributed by atoms with van der Waals surface area (Å²) in [6.45, 7) is -0.177. The first-order valence-electron chi connectivity index (χ1n) is 3.39. The van der Waals surface area contributed by atoms with Gasteiger partial charge in [-0.3, -0.25) is 9.05 Å². The summed E-state index contributed by atoms with van der Waals surface area (Å²) in [6.07, 6.45) is 0. The summed E-state index contributed by atoms with van der Waals surface area (Å²) in [5.41, 5.74) is 0. The lowest BCUT2D eigenvalue weighted by atomic mass is 10.9. The molecule has 0 unspecified atom stereocenters. The van der Waals surface area contributed by atoms with E-state index in [4.69, 9.17) is 0 Å². The molecule has 0 atom stereocenters. The number of rotatable bonds is 6. The van der Waals surface area contributed by atoms with Gasteiger partial charge in [-0.1, -0.05) is 0 Å². The van der Waals surface area contributed by atoms with E-state index in [1.54, 1.807) is 0 Å². The molecule has 0 fully saturated rings. The second-order valence-corrected chi connectivity index (χ2v) is 3.27. The lowest BCUT2D eigenvalue weighted by Crippen LogP contribution is -2.03. The van der Waals surface area contributed by atoms with Gasteiger partial charge >= 0.3 is 14.4 Å². The van der Waals surface area contributed by atoms with Crippen LogP contribution in [-0.4, -0.2) is 19.8 Å². The number of halogens is 2. The van der Waals surface area contributed by atoms with Gasteiger partial charge in [-0.05, 0) is 13.8 Å². The van der Waals surface area contributed by atoms with Crippen LogP contribution < -0.4 is 0 Å². The van der Waals surface area contributed by atoms with Gasteiger partial charge in [-0.2, -0.15) is 8.78 Å². The first-order valence-corrected chi connectivity index (χ1v) is 4.85. The van der Waals surface area contributed by atoms with E-state index in [0.717, 1.165) is 0 Å². The molecule has 12 heavy (non-hydrogen) atoms. The summed E-state index contributed by atoms with van der Waals surface area (Å²) in [5, 5.41) is 0. The SMILES string of the molecule is CCOP(=O)(OCC)OC(F)F. The Kier molecular flexibility index (Phi) is 5.57. The van der Waals surface area contributed by atoms with Crippen molar-refractivity contribution >= 4 is 7.82 Å². The fourth-order valence-corrected chi connectivity index (χ4v) is 1.54. The van der Waals surface area contributed by atoms with Crippen molar-refractivity contribution in [3.8, 4) is 0 Å². The van der Waals surface area contributed by atoms with Gasteiger partial charge in [0.2, 0.25) is 0 Å². The van der Waals surface area contributed by atoms with E-state index in [-0.39, 0.29) is 13.2 Å². The Bertz CT molecular complexity index is 154. The molecule has 0 aromatic carbocycles. The zero-order valence-electron chi connectivity index (χ0n) is 6.83. The Morgan fingerprint density at radius 3 is 1.92 bits per heavy atom. The molecule has 0 aliphatic carbocycles. The Labute approximate surface area is 69.4 Å². The standard InChI is InChI=1S/C5H11F2O4P/c1-3-9-12(8,10-4-2)11-5(6)7/h5H,3-4H2,1-2H3. The van der Waals surface area contributed by atoms with Gasteiger partial charge < -0.3 is 0 Å². The van der Waals surface area contributed by atoms with Crippen molar-refractivity contribution in [1.82, 2.24) is 0 Å². The van der Waals surface area contributed by atoms with Crippen LogP contribution in [-0.2, 0) is 18.1 Å².